The van der Waals surface area contributed by atoms with E-state index in [1.807, 2.05) is 43.1 Å². The number of ether oxygens (including phenoxy) is 1. The van der Waals surface area contributed by atoms with Gasteiger partial charge < -0.3 is 15.8 Å². The zero-order chi connectivity index (χ0) is 14.8. The maximum Gasteiger partial charge on any atom is 0.234 e. The number of nitrogens with two attached hydrogens (primary N) is 1. The van der Waals surface area contributed by atoms with Crippen LogP contribution in [0.3, 0.4) is 0 Å². The Labute approximate surface area is 121 Å². The van der Waals surface area contributed by atoms with Gasteiger partial charge in [0.15, 0.2) is 0 Å². The number of nitrogens with one attached hydrogen (secondary N) is 1. The Kier molecular flexibility index (Phi) is 7.69. The SMILES string of the molecule is CCNC(=O)CN(C)CCCOc1ccccc1CN. The average Bonchev–Trinajstić information content (AvgIpc) is 2.44. The van der Waals surface area contributed by atoms with Crippen LogP contribution in [0.25, 0.3) is 0 Å². The lowest BCUT2D eigenvalue weighted by atomic mass is 10.2. The van der Waals surface area contributed by atoms with Gasteiger partial charge in [-0.25, -0.2) is 0 Å². The van der Waals surface area contributed by atoms with Gasteiger partial charge in [-0.15, -0.1) is 0 Å². The summed E-state index contributed by atoms with van der Waals surface area (Å²) in [4.78, 5) is 13.4. The second-order valence-electron chi connectivity index (χ2n) is 4.71. The molecular weight excluding hydrogens is 254 g/mol. The minimum absolute atomic E-state index is 0.0596. The van der Waals surface area contributed by atoms with Crippen molar-refractivity contribution in [1.29, 1.82) is 0 Å². The van der Waals surface area contributed by atoms with Gasteiger partial charge in [0.25, 0.3) is 0 Å². The molecule has 5 nitrogen and oxygen atoms in total. The van der Waals surface area contributed by atoms with E-state index in [2.05, 4.69) is 5.32 Å². The summed E-state index contributed by atoms with van der Waals surface area (Å²) in [5.41, 5.74) is 6.67. The number of rotatable bonds is 9. The van der Waals surface area contributed by atoms with Crippen LogP contribution in [0.4, 0.5) is 0 Å². The van der Waals surface area contributed by atoms with Gasteiger partial charge in [-0.2, -0.15) is 0 Å². The first-order chi connectivity index (χ1) is 9.67. The summed E-state index contributed by atoms with van der Waals surface area (Å²) < 4.78 is 5.72. The number of amides is 1. The lowest BCUT2D eigenvalue weighted by Crippen LogP contribution is -2.35. The number of carbonyl (C=O) groups excluding carboxylic acids is 1. The average molecular weight is 279 g/mol. The van der Waals surface area contributed by atoms with Crippen LogP contribution in [0.2, 0.25) is 0 Å². The van der Waals surface area contributed by atoms with Crippen molar-refractivity contribution < 1.29 is 9.53 Å². The lowest BCUT2D eigenvalue weighted by molar-refractivity contribution is -0.121. The van der Waals surface area contributed by atoms with Crippen molar-refractivity contribution >= 4 is 5.91 Å². The molecule has 0 spiro atoms. The molecule has 0 aliphatic rings. The van der Waals surface area contributed by atoms with Gasteiger partial charge in [-0.05, 0) is 26.5 Å². The number of likely N-dealkylation sites (N-methyl/N-ethyl adjacent to an activating group) is 2. The third-order valence-corrected chi connectivity index (χ3v) is 2.92. The van der Waals surface area contributed by atoms with Crippen molar-refractivity contribution in [2.24, 2.45) is 5.73 Å². The fourth-order valence-corrected chi connectivity index (χ4v) is 1.91. The predicted molar refractivity (Wildman–Crippen MR) is 80.6 cm³/mol. The Hall–Kier alpha value is -1.59. The summed E-state index contributed by atoms with van der Waals surface area (Å²) >= 11 is 0. The molecule has 112 valence electrons. The first-order valence-corrected chi connectivity index (χ1v) is 7.03. The highest BCUT2D eigenvalue weighted by molar-refractivity contribution is 5.77. The molecule has 1 aromatic carbocycles. The molecule has 0 saturated carbocycles. The molecule has 0 unspecified atom stereocenters. The normalized spacial score (nSPS) is 10.6. The van der Waals surface area contributed by atoms with Crippen molar-refractivity contribution in [3.8, 4) is 5.75 Å². The van der Waals surface area contributed by atoms with E-state index in [9.17, 15) is 4.79 Å². The van der Waals surface area contributed by atoms with Gasteiger partial charge in [0.1, 0.15) is 5.75 Å². The van der Waals surface area contributed by atoms with E-state index in [4.69, 9.17) is 10.5 Å². The number of para-hydroxylation sites is 1. The second-order valence-corrected chi connectivity index (χ2v) is 4.71. The summed E-state index contributed by atoms with van der Waals surface area (Å²) in [5.74, 6) is 0.908. The van der Waals surface area contributed by atoms with E-state index in [1.54, 1.807) is 0 Å². The maximum absolute atomic E-state index is 11.4. The largest absolute Gasteiger partial charge is 0.493 e. The van der Waals surface area contributed by atoms with Crippen molar-refractivity contribution in [3.05, 3.63) is 29.8 Å². The van der Waals surface area contributed by atoms with Crippen LogP contribution in [0.1, 0.15) is 18.9 Å². The highest BCUT2D eigenvalue weighted by atomic mass is 16.5. The summed E-state index contributed by atoms with van der Waals surface area (Å²) in [6.07, 6.45) is 0.870. The van der Waals surface area contributed by atoms with Gasteiger partial charge >= 0.3 is 0 Å². The van der Waals surface area contributed by atoms with Crippen molar-refractivity contribution in [3.63, 3.8) is 0 Å². The van der Waals surface area contributed by atoms with Crippen molar-refractivity contribution in [2.75, 3.05) is 33.3 Å². The molecule has 0 aliphatic heterocycles. The quantitative estimate of drug-likeness (QED) is 0.661. The lowest BCUT2D eigenvalue weighted by Gasteiger charge is -2.16. The molecule has 0 aromatic heterocycles. The molecule has 0 radical (unpaired) electrons. The molecule has 5 heteroatoms. The molecular formula is C15H25N3O2. The molecule has 0 saturated heterocycles. The molecule has 0 atom stereocenters. The van der Waals surface area contributed by atoms with Gasteiger partial charge in [-0.1, -0.05) is 18.2 Å². The number of benzene rings is 1. The van der Waals surface area contributed by atoms with Crippen LogP contribution in [-0.4, -0.2) is 44.1 Å². The van der Waals surface area contributed by atoms with E-state index in [1.165, 1.54) is 0 Å². The number of nitrogens with zero attached hydrogens (tertiary/aromatic N) is 1. The number of hydrogen-bond acceptors (Lipinski definition) is 4. The topological polar surface area (TPSA) is 67.6 Å². The summed E-state index contributed by atoms with van der Waals surface area (Å²) in [6, 6.07) is 7.79. The van der Waals surface area contributed by atoms with E-state index >= 15 is 0 Å². The third-order valence-electron chi connectivity index (χ3n) is 2.92. The monoisotopic (exact) mass is 279 g/mol. The Morgan fingerprint density at radius 3 is 2.85 bits per heavy atom. The van der Waals surface area contributed by atoms with Gasteiger partial charge in [0.2, 0.25) is 5.91 Å². The predicted octanol–water partition coefficient (Wildman–Crippen LogP) is 0.982. The third kappa shape index (κ3) is 6.04. The van der Waals surface area contributed by atoms with Crippen LogP contribution in [0, 0.1) is 0 Å². The van der Waals surface area contributed by atoms with E-state index < -0.39 is 0 Å². The van der Waals surface area contributed by atoms with Crippen LogP contribution < -0.4 is 15.8 Å². The molecule has 3 N–H and O–H groups in total. The summed E-state index contributed by atoms with van der Waals surface area (Å²) in [7, 11) is 1.93. The van der Waals surface area contributed by atoms with E-state index in [0.717, 1.165) is 24.3 Å². The number of hydrogen-bond donors (Lipinski definition) is 2. The highest BCUT2D eigenvalue weighted by Crippen LogP contribution is 2.17. The number of carbonyl (C=O) groups is 1. The first kappa shape index (κ1) is 16.5. The maximum atomic E-state index is 11.4. The van der Waals surface area contributed by atoms with Gasteiger partial charge in [0.05, 0.1) is 13.2 Å². The van der Waals surface area contributed by atoms with Gasteiger partial charge in [0, 0.05) is 25.2 Å². The first-order valence-electron chi connectivity index (χ1n) is 7.03. The zero-order valence-electron chi connectivity index (χ0n) is 12.4. The Morgan fingerprint density at radius 1 is 1.40 bits per heavy atom. The van der Waals surface area contributed by atoms with E-state index in [0.29, 0.717) is 26.2 Å². The molecule has 0 bridgehead atoms. The molecule has 1 aromatic rings. The van der Waals surface area contributed by atoms with Crippen molar-refractivity contribution in [1.82, 2.24) is 10.2 Å². The van der Waals surface area contributed by atoms with Crippen LogP contribution in [0.5, 0.6) is 5.75 Å². The molecule has 0 fully saturated rings. The Bertz CT molecular complexity index is 410. The highest BCUT2D eigenvalue weighted by Gasteiger charge is 2.05. The van der Waals surface area contributed by atoms with Crippen molar-refractivity contribution in [2.45, 2.75) is 19.9 Å². The standard InChI is InChI=1S/C15H25N3O2/c1-3-17-15(19)12-18(2)9-6-10-20-14-8-5-4-7-13(14)11-16/h4-5,7-8H,3,6,9-12,16H2,1-2H3,(H,17,19). The fraction of sp³-hybridized carbons (Fsp3) is 0.533. The molecule has 20 heavy (non-hydrogen) atoms. The van der Waals surface area contributed by atoms with E-state index in [-0.39, 0.29) is 5.91 Å². The molecule has 1 rings (SSSR count). The van der Waals surface area contributed by atoms with Crippen LogP contribution in [0.15, 0.2) is 24.3 Å². The summed E-state index contributed by atoms with van der Waals surface area (Å²) in [6.45, 7) is 4.94. The molecule has 0 aliphatic carbocycles. The van der Waals surface area contributed by atoms with Crippen LogP contribution in [-0.2, 0) is 11.3 Å². The smallest absolute Gasteiger partial charge is 0.234 e. The fourth-order valence-electron chi connectivity index (χ4n) is 1.91. The summed E-state index contributed by atoms with van der Waals surface area (Å²) in [5, 5.41) is 2.78. The zero-order valence-corrected chi connectivity index (χ0v) is 12.4. The molecule has 0 heterocycles. The minimum Gasteiger partial charge on any atom is -0.493 e. The Balaban J connectivity index is 2.23. The van der Waals surface area contributed by atoms with Crippen LogP contribution >= 0.6 is 0 Å². The Morgan fingerprint density at radius 2 is 2.15 bits per heavy atom. The minimum atomic E-state index is 0.0596. The molecule has 1 amide bonds. The van der Waals surface area contributed by atoms with Gasteiger partial charge in [-0.3, -0.25) is 9.69 Å². The second kappa shape index (κ2) is 9.34.